The van der Waals surface area contributed by atoms with E-state index in [1.165, 1.54) is 17.2 Å². The predicted molar refractivity (Wildman–Crippen MR) is 125 cm³/mol. The summed E-state index contributed by atoms with van der Waals surface area (Å²) >= 11 is 5.91. The number of ketones is 1. The van der Waals surface area contributed by atoms with Crippen molar-refractivity contribution in [2.75, 3.05) is 0 Å². The molecule has 1 aliphatic rings. The molecule has 5 rings (SSSR count). The molecule has 0 unspecified atom stereocenters. The Bertz CT molecular complexity index is 1450. The second kappa shape index (κ2) is 8.68. The number of hydrogen-bond donors (Lipinski definition) is 0. The molecule has 1 heterocycles. The first-order valence-corrected chi connectivity index (χ1v) is 11.0. The van der Waals surface area contributed by atoms with Gasteiger partial charge in [0.05, 0.1) is 5.56 Å². The maximum atomic E-state index is 13.0. The van der Waals surface area contributed by atoms with E-state index >= 15 is 0 Å². The Kier molecular flexibility index (Phi) is 5.56. The molecular weight excluding hydrogens is 440 g/mol. The number of aryl methyl sites for hydroxylation is 2. The van der Waals surface area contributed by atoms with Gasteiger partial charge in [0.15, 0.2) is 5.78 Å². The van der Waals surface area contributed by atoms with E-state index in [-0.39, 0.29) is 23.5 Å². The van der Waals surface area contributed by atoms with Crippen LogP contribution in [0.1, 0.15) is 49.4 Å². The number of benzene rings is 3. The summed E-state index contributed by atoms with van der Waals surface area (Å²) in [5, 5.41) is 1.28. The summed E-state index contributed by atoms with van der Waals surface area (Å²) in [5.41, 5.74) is 3.80. The van der Waals surface area contributed by atoms with Crippen LogP contribution >= 0.6 is 11.6 Å². The number of fused-ring (bicyclic) bond motifs is 2. The molecule has 0 amide bonds. The van der Waals surface area contributed by atoms with Crippen LogP contribution in [0.5, 0.6) is 0 Å². The minimum Gasteiger partial charge on any atom is -0.457 e. The molecule has 0 fully saturated rings. The molecule has 0 radical (unpaired) electrons. The topological polar surface area (TPSA) is 73.6 Å². The lowest BCUT2D eigenvalue weighted by Crippen LogP contribution is -2.13. The molecule has 1 aliphatic carbocycles. The average molecular weight is 459 g/mol. The van der Waals surface area contributed by atoms with E-state index in [4.69, 9.17) is 20.8 Å². The van der Waals surface area contributed by atoms with Gasteiger partial charge < -0.3 is 9.15 Å². The van der Waals surface area contributed by atoms with E-state index in [0.717, 1.165) is 24.6 Å². The molecule has 4 aromatic rings. The number of ether oxygens (including phenoxy) is 1. The molecule has 3 aromatic carbocycles. The average Bonchev–Trinajstić information content (AvgIpc) is 3.28. The lowest BCUT2D eigenvalue weighted by Gasteiger charge is -2.11. The highest BCUT2D eigenvalue weighted by Gasteiger charge is 2.20. The Morgan fingerprint density at radius 2 is 1.61 bits per heavy atom. The number of hydrogen-bond acceptors (Lipinski definition) is 5. The van der Waals surface area contributed by atoms with Crippen molar-refractivity contribution in [3.63, 3.8) is 0 Å². The molecule has 1 aromatic heterocycles. The fraction of sp³-hybridized carbons (Fsp3) is 0.148. The van der Waals surface area contributed by atoms with Crippen molar-refractivity contribution in [2.45, 2.75) is 25.9 Å². The summed E-state index contributed by atoms with van der Waals surface area (Å²) in [6, 6.07) is 18.2. The second-order valence-electron chi connectivity index (χ2n) is 8.02. The fourth-order valence-electron chi connectivity index (χ4n) is 4.25. The van der Waals surface area contributed by atoms with Gasteiger partial charge in [-0.2, -0.15) is 0 Å². The molecule has 6 heteroatoms. The zero-order chi connectivity index (χ0) is 22.9. The molecule has 0 bridgehead atoms. The largest absolute Gasteiger partial charge is 0.457 e. The van der Waals surface area contributed by atoms with Crippen LogP contribution in [0, 0.1) is 0 Å². The quantitative estimate of drug-likeness (QED) is 0.223. The van der Waals surface area contributed by atoms with Crippen LogP contribution in [-0.2, 0) is 24.2 Å². The van der Waals surface area contributed by atoms with Gasteiger partial charge in [-0.25, -0.2) is 9.59 Å². The molecule has 164 valence electrons. The van der Waals surface area contributed by atoms with E-state index in [2.05, 4.69) is 0 Å². The van der Waals surface area contributed by atoms with Crippen molar-refractivity contribution >= 4 is 34.3 Å². The minimum absolute atomic E-state index is 0.108. The third-order valence-electron chi connectivity index (χ3n) is 5.90. The van der Waals surface area contributed by atoms with E-state index in [9.17, 15) is 14.4 Å². The maximum Gasteiger partial charge on any atom is 0.339 e. The van der Waals surface area contributed by atoms with Crippen LogP contribution in [-0.4, -0.2) is 11.8 Å². The minimum atomic E-state index is -0.643. The molecule has 0 aliphatic heterocycles. The highest BCUT2D eigenvalue weighted by molar-refractivity contribution is 6.30. The van der Waals surface area contributed by atoms with Gasteiger partial charge in [-0.3, -0.25) is 4.79 Å². The lowest BCUT2D eigenvalue weighted by atomic mass is 9.98. The molecule has 0 N–H and O–H groups in total. The summed E-state index contributed by atoms with van der Waals surface area (Å²) in [6.07, 6.45) is 3.01. The number of carbonyl (C=O) groups excluding carboxylic acids is 2. The monoisotopic (exact) mass is 458 g/mol. The van der Waals surface area contributed by atoms with Crippen molar-refractivity contribution in [1.29, 1.82) is 0 Å². The van der Waals surface area contributed by atoms with Crippen molar-refractivity contribution < 1.29 is 18.7 Å². The molecule has 0 saturated heterocycles. The fourth-order valence-corrected chi connectivity index (χ4v) is 4.38. The summed E-state index contributed by atoms with van der Waals surface area (Å²) in [7, 11) is 0. The van der Waals surface area contributed by atoms with Crippen LogP contribution in [0.25, 0.3) is 11.0 Å². The number of carbonyl (C=O) groups is 2. The third-order valence-corrected chi connectivity index (χ3v) is 6.15. The van der Waals surface area contributed by atoms with Crippen LogP contribution in [0.4, 0.5) is 0 Å². The first-order chi connectivity index (χ1) is 16.0. The number of esters is 1. The molecular formula is C27H19ClO5. The van der Waals surface area contributed by atoms with Crippen molar-refractivity contribution in [1.82, 2.24) is 0 Å². The number of rotatable bonds is 5. The van der Waals surface area contributed by atoms with E-state index in [0.29, 0.717) is 21.7 Å². The Morgan fingerprint density at radius 3 is 2.36 bits per heavy atom. The predicted octanol–water partition coefficient (Wildman–Crippen LogP) is 5.52. The van der Waals surface area contributed by atoms with Crippen LogP contribution in [0.15, 0.2) is 75.9 Å². The maximum absolute atomic E-state index is 13.0. The van der Waals surface area contributed by atoms with Crippen LogP contribution in [0.2, 0.25) is 5.02 Å². The first-order valence-electron chi connectivity index (χ1n) is 10.6. The first kappa shape index (κ1) is 21.2. The summed E-state index contributed by atoms with van der Waals surface area (Å²) in [5.74, 6) is -0.948. The van der Waals surface area contributed by atoms with Gasteiger partial charge in [-0.15, -0.1) is 0 Å². The third kappa shape index (κ3) is 4.20. The lowest BCUT2D eigenvalue weighted by molar-refractivity contribution is 0.0471. The van der Waals surface area contributed by atoms with Gasteiger partial charge in [0.1, 0.15) is 12.2 Å². The Labute approximate surface area is 194 Å². The van der Waals surface area contributed by atoms with Crippen molar-refractivity contribution in [2.24, 2.45) is 0 Å². The SMILES string of the molecule is O=C(OCc1cc(=O)oc2cc3c(cc12)CCC3)c1ccccc1C(=O)c1ccc(Cl)cc1. The van der Waals surface area contributed by atoms with E-state index < -0.39 is 11.6 Å². The van der Waals surface area contributed by atoms with Crippen LogP contribution in [0.3, 0.4) is 0 Å². The second-order valence-corrected chi connectivity index (χ2v) is 8.46. The van der Waals surface area contributed by atoms with E-state index in [1.807, 2.05) is 12.1 Å². The van der Waals surface area contributed by atoms with Gasteiger partial charge in [0.25, 0.3) is 0 Å². The number of halogens is 1. The molecule has 0 atom stereocenters. The Morgan fingerprint density at radius 1 is 0.909 bits per heavy atom. The van der Waals surface area contributed by atoms with Crippen LogP contribution < -0.4 is 5.63 Å². The zero-order valence-corrected chi connectivity index (χ0v) is 18.4. The normalized spacial score (nSPS) is 12.5. The molecule has 0 saturated carbocycles. The van der Waals surface area contributed by atoms with E-state index in [1.54, 1.807) is 48.5 Å². The highest BCUT2D eigenvalue weighted by Crippen LogP contribution is 2.29. The van der Waals surface area contributed by atoms with Gasteiger partial charge in [-0.1, -0.05) is 29.8 Å². The van der Waals surface area contributed by atoms with Gasteiger partial charge in [0.2, 0.25) is 0 Å². The standard InChI is InChI=1S/C27H19ClO5/c28-20-10-8-16(9-11-20)26(30)21-6-1-2-7-22(21)27(31)32-15-19-14-25(29)33-24-13-18-5-3-4-17(18)12-23(19)24/h1-2,6-14H,3-5,15H2. The van der Waals surface area contributed by atoms with Gasteiger partial charge in [-0.05, 0) is 72.9 Å². The van der Waals surface area contributed by atoms with Gasteiger partial charge >= 0.3 is 11.6 Å². The highest BCUT2D eigenvalue weighted by atomic mass is 35.5. The van der Waals surface area contributed by atoms with Crippen molar-refractivity contribution in [3.8, 4) is 0 Å². The molecule has 0 spiro atoms. The molecule has 5 nitrogen and oxygen atoms in total. The Balaban J connectivity index is 1.43. The summed E-state index contributed by atoms with van der Waals surface area (Å²) in [4.78, 5) is 38.0. The Hall–Kier alpha value is -3.70. The molecule has 33 heavy (non-hydrogen) atoms. The summed E-state index contributed by atoms with van der Waals surface area (Å²) < 4.78 is 10.9. The zero-order valence-electron chi connectivity index (χ0n) is 17.6. The summed E-state index contributed by atoms with van der Waals surface area (Å²) in [6.45, 7) is -0.108. The smallest absolute Gasteiger partial charge is 0.339 e. The van der Waals surface area contributed by atoms with Crippen molar-refractivity contribution in [3.05, 3.63) is 116 Å². The van der Waals surface area contributed by atoms with Gasteiger partial charge in [0, 0.05) is 33.2 Å².